The molecule has 1 rings (SSSR count). The van der Waals surface area contributed by atoms with Gasteiger partial charge in [0.25, 0.3) is 0 Å². The van der Waals surface area contributed by atoms with Crippen LogP contribution in [0.4, 0.5) is 0 Å². The summed E-state index contributed by atoms with van der Waals surface area (Å²) in [6, 6.07) is 0.646. The first-order valence-corrected chi connectivity index (χ1v) is 6.55. The summed E-state index contributed by atoms with van der Waals surface area (Å²) in [5.74, 6) is 1.48. The Labute approximate surface area is 94.8 Å². The van der Waals surface area contributed by atoms with Crippen LogP contribution in [0.1, 0.15) is 47.0 Å². The Morgan fingerprint density at radius 2 is 2.13 bits per heavy atom. The molecule has 2 heteroatoms. The summed E-state index contributed by atoms with van der Waals surface area (Å²) in [6.45, 7) is 11.1. The Morgan fingerprint density at radius 3 is 2.60 bits per heavy atom. The third-order valence-corrected chi connectivity index (χ3v) is 3.69. The number of rotatable bonds is 6. The number of hydrogen-bond acceptors (Lipinski definition) is 2. The Balaban J connectivity index is 2.55. The maximum atomic E-state index is 5.68. The van der Waals surface area contributed by atoms with E-state index in [9.17, 15) is 0 Å². The van der Waals surface area contributed by atoms with E-state index in [2.05, 4.69) is 33.0 Å². The summed E-state index contributed by atoms with van der Waals surface area (Å²) < 4.78 is 5.68. The van der Waals surface area contributed by atoms with Gasteiger partial charge in [0.05, 0.1) is 6.10 Å². The van der Waals surface area contributed by atoms with E-state index in [1.165, 1.54) is 19.3 Å². The second-order valence-electron chi connectivity index (χ2n) is 4.88. The van der Waals surface area contributed by atoms with Gasteiger partial charge in [-0.2, -0.15) is 0 Å². The van der Waals surface area contributed by atoms with Crippen LogP contribution in [0.25, 0.3) is 0 Å². The Kier molecular flexibility index (Phi) is 5.62. The predicted octanol–water partition coefficient (Wildman–Crippen LogP) is 2.83. The van der Waals surface area contributed by atoms with Crippen LogP contribution >= 0.6 is 0 Å². The maximum absolute atomic E-state index is 5.68. The van der Waals surface area contributed by atoms with Crippen LogP contribution in [-0.4, -0.2) is 25.3 Å². The van der Waals surface area contributed by atoms with Gasteiger partial charge in [-0.25, -0.2) is 0 Å². The Morgan fingerprint density at radius 1 is 1.40 bits per heavy atom. The van der Waals surface area contributed by atoms with E-state index in [4.69, 9.17) is 4.74 Å². The van der Waals surface area contributed by atoms with Crippen molar-refractivity contribution in [1.82, 2.24) is 5.32 Å². The van der Waals surface area contributed by atoms with Gasteiger partial charge in [-0.3, -0.25) is 0 Å². The maximum Gasteiger partial charge on any atom is 0.0590 e. The van der Waals surface area contributed by atoms with Crippen LogP contribution in [0.5, 0.6) is 0 Å². The molecule has 15 heavy (non-hydrogen) atoms. The van der Waals surface area contributed by atoms with Gasteiger partial charge >= 0.3 is 0 Å². The van der Waals surface area contributed by atoms with Crippen molar-refractivity contribution in [3.05, 3.63) is 0 Å². The average Bonchev–Trinajstić information content (AvgIpc) is 2.61. The average molecular weight is 213 g/mol. The minimum atomic E-state index is 0.438. The Hall–Kier alpha value is -0.0800. The fraction of sp³-hybridized carbons (Fsp3) is 1.00. The van der Waals surface area contributed by atoms with E-state index in [1.807, 2.05) is 0 Å². The fourth-order valence-corrected chi connectivity index (χ4v) is 2.87. The second kappa shape index (κ2) is 6.49. The largest absolute Gasteiger partial charge is 0.378 e. The number of ether oxygens (including phenoxy) is 1. The summed E-state index contributed by atoms with van der Waals surface area (Å²) in [5.41, 5.74) is 0. The Bertz CT molecular complexity index is 172. The van der Waals surface area contributed by atoms with Crippen molar-refractivity contribution in [2.45, 2.75) is 59.1 Å². The molecule has 4 unspecified atom stereocenters. The van der Waals surface area contributed by atoms with Crippen molar-refractivity contribution in [3.8, 4) is 0 Å². The molecule has 0 aromatic heterocycles. The van der Waals surface area contributed by atoms with Gasteiger partial charge in [-0.1, -0.05) is 27.2 Å². The predicted molar refractivity (Wildman–Crippen MR) is 65.1 cm³/mol. The summed E-state index contributed by atoms with van der Waals surface area (Å²) in [7, 11) is 0. The zero-order valence-corrected chi connectivity index (χ0v) is 10.8. The summed E-state index contributed by atoms with van der Waals surface area (Å²) in [5, 5.41) is 3.66. The minimum Gasteiger partial charge on any atom is -0.378 e. The van der Waals surface area contributed by atoms with Gasteiger partial charge in [-0.15, -0.1) is 0 Å². The summed E-state index contributed by atoms with van der Waals surface area (Å²) in [6.07, 6.45) is 4.27. The molecule has 1 aliphatic heterocycles. The smallest absolute Gasteiger partial charge is 0.0590 e. The molecule has 1 saturated heterocycles. The molecule has 0 aromatic rings. The molecule has 0 radical (unpaired) electrons. The zero-order valence-electron chi connectivity index (χ0n) is 10.8. The molecule has 1 N–H and O–H groups in total. The van der Waals surface area contributed by atoms with E-state index < -0.39 is 0 Å². The monoisotopic (exact) mass is 213 g/mol. The lowest BCUT2D eigenvalue weighted by Gasteiger charge is -2.31. The molecule has 90 valence electrons. The first-order chi connectivity index (χ1) is 7.20. The van der Waals surface area contributed by atoms with Crippen LogP contribution in [0, 0.1) is 11.8 Å². The quantitative estimate of drug-likeness (QED) is 0.732. The third kappa shape index (κ3) is 3.46. The third-order valence-electron chi connectivity index (χ3n) is 3.69. The van der Waals surface area contributed by atoms with Crippen LogP contribution in [0.15, 0.2) is 0 Å². The molecule has 0 aromatic carbocycles. The van der Waals surface area contributed by atoms with Gasteiger partial charge in [0, 0.05) is 18.6 Å². The van der Waals surface area contributed by atoms with Crippen LogP contribution in [0.3, 0.4) is 0 Å². The highest BCUT2D eigenvalue weighted by Crippen LogP contribution is 2.29. The number of nitrogens with one attached hydrogen (secondary N) is 1. The molecule has 0 amide bonds. The van der Waals surface area contributed by atoms with E-state index >= 15 is 0 Å². The first kappa shape index (κ1) is 13.0. The van der Waals surface area contributed by atoms with Crippen molar-refractivity contribution >= 4 is 0 Å². The van der Waals surface area contributed by atoms with Gasteiger partial charge < -0.3 is 10.1 Å². The van der Waals surface area contributed by atoms with Crippen LogP contribution in [0.2, 0.25) is 0 Å². The van der Waals surface area contributed by atoms with Gasteiger partial charge in [0.2, 0.25) is 0 Å². The SMILES string of the molecule is CCCC(C)C(NCC)C1CCOC1C. The van der Waals surface area contributed by atoms with Gasteiger partial charge in [0.15, 0.2) is 0 Å². The fourth-order valence-electron chi connectivity index (χ4n) is 2.87. The highest BCUT2D eigenvalue weighted by atomic mass is 16.5. The zero-order chi connectivity index (χ0) is 11.3. The van der Waals surface area contributed by atoms with Crippen molar-refractivity contribution in [3.63, 3.8) is 0 Å². The van der Waals surface area contributed by atoms with Crippen LogP contribution in [-0.2, 0) is 4.74 Å². The number of hydrogen-bond donors (Lipinski definition) is 1. The molecule has 4 atom stereocenters. The van der Waals surface area contributed by atoms with E-state index in [0.717, 1.165) is 19.1 Å². The molecule has 1 aliphatic rings. The molecular formula is C13H27NO. The summed E-state index contributed by atoms with van der Waals surface area (Å²) in [4.78, 5) is 0. The molecule has 0 spiro atoms. The second-order valence-corrected chi connectivity index (χ2v) is 4.88. The molecule has 0 bridgehead atoms. The van der Waals surface area contributed by atoms with Crippen molar-refractivity contribution in [2.24, 2.45) is 11.8 Å². The van der Waals surface area contributed by atoms with Crippen molar-refractivity contribution in [1.29, 1.82) is 0 Å². The summed E-state index contributed by atoms with van der Waals surface area (Å²) >= 11 is 0. The van der Waals surface area contributed by atoms with Gasteiger partial charge in [-0.05, 0) is 32.2 Å². The topological polar surface area (TPSA) is 21.3 Å². The van der Waals surface area contributed by atoms with Crippen LogP contribution < -0.4 is 5.32 Å². The van der Waals surface area contributed by atoms with Gasteiger partial charge in [0.1, 0.15) is 0 Å². The molecule has 0 aliphatic carbocycles. The minimum absolute atomic E-state index is 0.438. The van der Waals surface area contributed by atoms with E-state index in [0.29, 0.717) is 18.1 Å². The lowest BCUT2D eigenvalue weighted by atomic mass is 9.83. The highest BCUT2D eigenvalue weighted by Gasteiger charge is 2.33. The first-order valence-electron chi connectivity index (χ1n) is 6.55. The lowest BCUT2D eigenvalue weighted by Crippen LogP contribution is -2.43. The normalized spacial score (nSPS) is 30.4. The van der Waals surface area contributed by atoms with Crippen molar-refractivity contribution < 1.29 is 4.74 Å². The van der Waals surface area contributed by atoms with Crippen molar-refractivity contribution in [2.75, 3.05) is 13.2 Å². The van der Waals surface area contributed by atoms with E-state index in [-0.39, 0.29) is 0 Å². The molecule has 1 fully saturated rings. The molecule has 1 heterocycles. The molecule has 2 nitrogen and oxygen atoms in total. The lowest BCUT2D eigenvalue weighted by molar-refractivity contribution is 0.0871. The highest BCUT2D eigenvalue weighted by molar-refractivity contribution is 4.87. The molecular weight excluding hydrogens is 186 g/mol. The molecule has 0 saturated carbocycles. The standard InChI is InChI=1S/C13H27NO/c1-5-7-10(3)13(14-6-2)12-8-9-15-11(12)4/h10-14H,5-9H2,1-4H3. The van der Waals surface area contributed by atoms with E-state index in [1.54, 1.807) is 0 Å².